The van der Waals surface area contributed by atoms with Crippen LogP contribution in [0.1, 0.15) is 56.1 Å². The first-order chi connectivity index (χ1) is 15.5. The van der Waals surface area contributed by atoms with Gasteiger partial charge in [0.25, 0.3) is 5.56 Å². The second-order valence-electron chi connectivity index (χ2n) is 6.81. The Morgan fingerprint density at radius 1 is 1.39 bits per heavy atom. The van der Waals surface area contributed by atoms with E-state index in [0.29, 0.717) is 30.2 Å². The van der Waals surface area contributed by atoms with Gasteiger partial charge in [-0.05, 0) is 31.5 Å². The van der Waals surface area contributed by atoms with Gasteiger partial charge in [-0.3, -0.25) is 15.3 Å². The van der Waals surface area contributed by atoms with E-state index >= 15 is 0 Å². The predicted octanol–water partition coefficient (Wildman–Crippen LogP) is 1.61. The summed E-state index contributed by atoms with van der Waals surface area (Å²) in [7, 11) is 0. The molecule has 0 radical (unpaired) electrons. The molecule has 1 aliphatic rings. The third-order valence-corrected chi connectivity index (χ3v) is 5.07. The Morgan fingerprint density at radius 2 is 2.15 bits per heavy atom. The number of rotatable bonds is 5. The molecular weight excluding hydrogens is 476 g/mol. The van der Waals surface area contributed by atoms with E-state index in [2.05, 4.69) is 20.1 Å². The molecule has 0 N–H and O–H groups in total. The maximum atomic E-state index is 13.4. The van der Waals surface area contributed by atoms with Gasteiger partial charge in [-0.15, -0.1) is 6.42 Å². The third-order valence-electron chi connectivity index (χ3n) is 4.78. The minimum atomic E-state index is -0.472. The number of ether oxygens (including phenoxy) is 1. The van der Waals surface area contributed by atoms with E-state index in [-0.39, 0.29) is 80.5 Å². The van der Waals surface area contributed by atoms with Crippen LogP contribution >= 0.6 is 11.6 Å². The van der Waals surface area contributed by atoms with Gasteiger partial charge >= 0.3 is 51.4 Å². The number of hydrogen-bond acceptors (Lipinski definition) is 7. The summed E-state index contributed by atoms with van der Waals surface area (Å²) in [5.74, 6) is 1.46. The van der Waals surface area contributed by atoms with Crippen LogP contribution in [0.4, 0.5) is 10.2 Å². The minimum absolute atomic E-state index is 0. The Kier molecular flexibility index (Phi) is 10.9. The van der Waals surface area contributed by atoms with E-state index in [1.54, 1.807) is 32.2 Å². The smallest absolute Gasteiger partial charge is 0.405 e. The normalized spacial score (nSPS) is 15.3. The largest absolute Gasteiger partial charge is 1.00 e. The SMILES string of the molecule is C/C=N\c1ncn(Cc2nc([C-]3CO[C@@H](c4ccc(F)c(Cl)c4)C3)no2)c(=O)c1C.CC.[K+]. The molecule has 4 rings (SSSR count). The number of aromatic nitrogens is 4. The zero-order chi connectivity index (χ0) is 23.3. The van der Waals surface area contributed by atoms with Crippen LogP contribution < -0.4 is 56.9 Å². The van der Waals surface area contributed by atoms with Crippen molar-refractivity contribution in [1.29, 1.82) is 0 Å². The topological polar surface area (TPSA) is 95.4 Å². The Balaban J connectivity index is 0.00000125. The van der Waals surface area contributed by atoms with Crippen LogP contribution in [0.15, 0.2) is 38.8 Å². The maximum Gasteiger partial charge on any atom is 1.00 e. The molecule has 0 bridgehead atoms. The summed E-state index contributed by atoms with van der Waals surface area (Å²) in [6, 6.07) is 4.51. The fraction of sp³-hybridized carbons (Fsp3) is 0.364. The summed E-state index contributed by atoms with van der Waals surface area (Å²) in [6.45, 7) is 7.84. The van der Waals surface area contributed by atoms with Crippen LogP contribution in [0.5, 0.6) is 0 Å². The van der Waals surface area contributed by atoms with Gasteiger partial charge in [0.2, 0.25) is 5.89 Å². The summed E-state index contributed by atoms with van der Waals surface area (Å²) in [5.41, 5.74) is 0.994. The number of halogens is 2. The standard InChI is InChI=1S/C20H18ClFN5O3.C2H6.K/c1-3-23-18-11(2)20(28)27(10-24-18)8-17-25-19(26-30-17)13-7-16(29-9-13)12-4-5-15(22)14(21)6-12;1-2;/h3-6,10,16H,7-9H2,1-2H3;1-2H3;/q-1;;+1/b23-3-;;/t16-;;/m1../s1. The van der Waals surface area contributed by atoms with Crippen molar-refractivity contribution >= 4 is 23.6 Å². The van der Waals surface area contributed by atoms with Crippen molar-refractivity contribution in [1.82, 2.24) is 19.7 Å². The second-order valence-corrected chi connectivity index (χ2v) is 7.21. The van der Waals surface area contributed by atoms with Crippen LogP contribution in [0.25, 0.3) is 0 Å². The van der Waals surface area contributed by atoms with Gasteiger partial charge in [0.15, 0.2) is 5.82 Å². The second kappa shape index (κ2) is 12.9. The molecule has 8 nitrogen and oxygen atoms in total. The van der Waals surface area contributed by atoms with Crippen LogP contribution in [-0.2, 0) is 11.3 Å². The van der Waals surface area contributed by atoms with Gasteiger partial charge in [-0.2, -0.15) is 0 Å². The molecule has 1 saturated heterocycles. The Morgan fingerprint density at radius 3 is 2.85 bits per heavy atom. The molecule has 170 valence electrons. The van der Waals surface area contributed by atoms with Gasteiger partial charge in [0.05, 0.1) is 16.7 Å². The van der Waals surface area contributed by atoms with Crippen molar-refractivity contribution in [2.45, 2.75) is 46.8 Å². The van der Waals surface area contributed by atoms with Crippen molar-refractivity contribution in [3.8, 4) is 0 Å². The average molecular weight is 500 g/mol. The summed E-state index contributed by atoms with van der Waals surface area (Å²) < 4.78 is 25.9. The molecule has 1 aromatic carbocycles. The monoisotopic (exact) mass is 499 g/mol. The number of hydrogen-bond donors (Lipinski definition) is 0. The molecule has 2 aromatic heterocycles. The molecule has 0 unspecified atom stereocenters. The van der Waals surface area contributed by atoms with Crippen LogP contribution in [0, 0.1) is 18.7 Å². The predicted molar refractivity (Wildman–Crippen MR) is 119 cm³/mol. The zero-order valence-corrected chi connectivity index (χ0v) is 23.2. The Labute approximate surface area is 239 Å². The minimum Gasteiger partial charge on any atom is -0.405 e. The van der Waals surface area contributed by atoms with Crippen LogP contribution in [0.2, 0.25) is 5.02 Å². The molecule has 0 aliphatic carbocycles. The molecule has 1 aliphatic heterocycles. The van der Waals surface area contributed by atoms with E-state index in [4.69, 9.17) is 20.9 Å². The molecule has 0 amide bonds. The summed E-state index contributed by atoms with van der Waals surface area (Å²) in [4.78, 5) is 25.1. The number of benzene rings is 1. The first kappa shape index (κ1) is 27.8. The fourth-order valence-corrected chi connectivity index (χ4v) is 3.37. The first-order valence-corrected chi connectivity index (χ1v) is 10.6. The van der Waals surface area contributed by atoms with Gasteiger partial charge in [0, 0.05) is 12.0 Å². The molecule has 1 fully saturated rings. The van der Waals surface area contributed by atoms with Crippen molar-refractivity contribution in [2.75, 3.05) is 6.61 Å². The molecule has 1 atom stereocenters. The van der Waals surface area contributed by atoms with E-state index in [0.717, 1.165) is 11.5 Å². The maximum absolute atomic E-state index is 13.4. The van der Waals surface area contributed by atoms with Gasteiger partial charge < -0.3 is 9.26 Å². The molecule has 3 aromatic rings. The van der Waals surface area contributed by atoms with E-state index in [1.807, 2.05) is 13.8 Å². The van der Waals surface area contributed by atoms with Crippen molar-refractivity contribution < 1.29 is 65.0 Å². The van der Waals surface area contributed by atoms with E-state index < -0.39 is 5.82 Å². The Bertz CT molecular complexity index is 1170. The van der Waals surface area contributed by atoms with E-state index in [9.17, 15) is 9.18 Å². The molecule has 11 heteroatoms. The van der Waals surface area contributed by atoms with Crippen molar-refractivity contribution in [2.24, 2.45) is 4.99 Å². The van der Waals surface area contributed by atoms with Crippen molar-refractivity contribution in [3.63, 3.8) is 0 Å². The molecule has 0 spiro atoms. The number of aliphatic imine (C=N–C) groups is 1. The number of nitrogens with zero attached hydrogens (tertiary/aromatic N) is 5. The average Bonchev–Trinajstić information content (AvgIpc) is 3.47. The summed E-state index contributed by atoms with van der Waals surface area (Å²) >= 11 is 5.86. The van der Waals surface area contributed by atoms with Gasteiger partial charge in [-0.25, -0.2) is 19.4 Å². The quantitative estimate of drug-likeness (QED) is 0.301. The summed E-state index contributed by atoms with van der Waals surface area (Å²) in [6.07, 6.45) is 3.26. The molecule has 3 heterocycles. The zero-order valence-electron chi connectivity index (χ0n) is 19.3. The molecular formula is C22H24ClFKN5O3. The molecule has 0 saturated carbocycles. The van der Waals surface area contributed by atoms with Crippen molar-refractivity contribution in [3.05, 3.63) is 74.5 Å². The van der Waals surface area contributed by atoms with Crippen LogP contribution in [0.3, 0.4) is 0 Å². The van der Waals surface area contributed by atoms with Gasteiger partial charge in [-0.1, -0.05) is 43.3 Å². The first-order valence-electron chi connectivity index (χ1n) is 10.2. The third kappa shape index (κ3) is 6.59. The summed E-state index contributed by atoms with van der Waals surface area (Å²) in [5, 5.41) is 4.06. The molecule has 33 heavy (non-hydrogen) atoms. The van der Waals surface area contributed by atoms with Gasteiger partial charge in [0.1, 0.15) is 18.7 Å². The Hall–Kier alpha value is -1.40. The fourth-order valence-electron chi connectivity index (χ4n) is 3.18. The van der Waals surface area contributed by atoms with E-state index in [1.165, 1.54) is 17.0 Å². The van der Waals surface area contributed by atoms with Crippen LogP contribution in [-0.4, -0.2) is 32.5 Å².